The molecule has 1 heterocycles. The molecule has 0 saturated carbocycles. The fraction of sp³-hybridized carbons (Fsp3) is 0.846. The Morgan fingerprint density at radius 3 is 2.78 bits per heavy atom. The minimum Gasteiger partial charge on any atom is -0.450 e. The molecule has 0 aromatic rings. The molecule has 0 spiro atoms. The molecule has 1 rings (SSSR count). The third kappa shape index (κ3) is 5.37. The van der Waals surface area contributed by atoms with Crippen LogP contribution in [0.3, 0.4) is 0 Å². The summed E-state index contributed by atoms with van der Waals surface area (Å²) in [6.07, 6.45) is 4.43. The molecule has 102 valence electrons. The third-order valence-electron chi connectivity index (χ3n) is 3.17. The average Bonchev–Trinajstić information content (AvgIpc) is 2.39. The average molecular weight is 253 g/mol. The maximum atomic E-state index is 11.5. The molecule has 0 aromatic carbocycles. The smallest absolute Gasteiger partial charge is 0.409 e. The van der Waals surface area contributed by atoms with E-state index < -0.39 is 0 Å². The molecule has 0 atom stereocenters. The SMILES string of the molecule is CCOC(=O)N1CCC(NCCCCC#N)CC1. The molecule has 1 saturated heterocycles. The van der Waals surface area contributed by atoms with Gasteiger partial charge in [0, 0.05) is 25.6 Å². The Balaban J connectivity index is 2.08. The molecule has 0 radical (unpaired) electrons. The molecule has 1 aliphatic heterocycles. The lowest BCUT2D eigenvalue weighted by Gasteiger charge is -2.31. The number of nitriles is 1. The molecule has 1 amide bonds. The lowest BCUT2D eigenvalue weighted by Crippen LogP contribution is -2.45. The van der Waals surface area contributed by atoms with Gasteiger partial charge in [0.05, 0.1) is 12.7 Å². The number of nitrogens with zero attached hydrogens (tertiary/aromatic N) is 2. The molecule has 1 fully saturated rings. The van der Waals surface area contributed by atoms with Gasteiger partial charge in [-0.1, -0.05) is 0 Å². The van der Waals surface area contributed by atoms with Gasteiger partial charge in [-0.15, -0.1) is 0 Å². The Morgan fingerprint density at radius 2 is 2.17 bits per heavy atom. The van der Waals surface area contributed by atoms with Crippen LogP contribution in [0.25, 0.3) is 0 Å². The highest BCUT2D eigenvalue weighted by molar-refractivity contribution is 5.67. The molecule has 1 N–H and O–H groups in total. The molecule has 0 aliphatic carbocycles. The number of rotatable bonds is 6. The van der Waals surface area contributed by atoms with E-state index >= 15 is 0 Å². The van der Waals surface area contributed by atoms with E-state index in [0.29, 0.717) is 19.1 Å². The van der Waals surface area contributed by atoms with E-state index in [-0.39, 0.29) is 6.09 Å². The summed E-state index contributed by atoms with van der Waals surface area (Å²) in [5, 5.41) is 11.9. The number of likely N-dealkylation sites (tertiary alicyclic amines) is 1. The van der Waals surface area contributed by atoms with Crippen molar-refractivity contribution in [2.75, 3.05) is 26.2 Å². The summed E-state index contributed by atoms with van der Waals surface area (Å²) in [5.74, 6) is 0. The first-order valence-electron chi connectivity index (χ1n) is 6.80. The van der Waals surface area contributed by atoms with Gasteiger partial charge in [-0.3, -0.25) is 0 Å². The van der Waals surface area contributed by atoms with Crippen LogP contribution in [-0.4, -0.2) is 43.3 Å². The van der Waals surface area contributed by atoms with Crippen molar-refractivity contribution in [3.63, 3.8) is 0 Å². The standard InChI is InChI=1S/C13H23N3O2/c1-2-18-13(17)16-10-6-12(7-11-16)15-9-5-3-4-8-14/h12,15H,2-7,9-11H2,1H3. The van der Waals surface area contributed by atoms with E-state index in [1.807, 2.05) is 6.92 Å². The van der Waals surface area contributed by atoms with Crippen LogP contribution in [0.4, 0.5) is 4.79 Å². The maximum absolute atomic E-state index is 11.5. The first kappa shape index (κ1) is 14.8. The summed E-state index contributed by atoms with van der Waals surface area (Å²) in [6, 6.07) is 2.65. The van der Waals surface area contributed by atoms with Crippen LogP contribution in [0.2, 0.25) is 0 Å². The maximum Gasteiger partial charge on any atom is 0.409 e. The second kappa shape index (κ2) is 8.76. The Bertz CT molecular complexity index is 280. The van der Waals surface area contributed by atoms with E-state index in [9.17, 15) is 4.79 Å². The summed E-state index contributed by atoms with van der Waals surface area (Å²) in [5.41, 5.74) is 0. The van der Waals surface area contributed by atoms with E-state index in [1.165, 1.54) is 0 Å². The van der Waals surface area contributed by atoms with Crippen molar-refractivity contribution < 1.29 is 9.53 Å². The van der Waals surface area contributed by atoms with Gasteiger partial charge in [0.1, 0.15) is 0 Å². The molecular formula is C13H23N3O2. The molecule has 0 bridgehead atoms. The zero-order chi connectivity index (χ0) is 13.2. The van der Waals surface area contributed by atoms with Crippen LogP contribution >= 0.6 is 0 Å². The fourth-order valence-electron chi connectivity index (χ4n) is 2.12. The highest BCUT2D eigenvalue weighted by atomic mass is 16.6. The summed E-state index contributed by atoms with van der Waals surface area (Å²) in [7, 11) is 0. The van der Waals surface area contributed by atoms with Crippen LogP contribution in [-0.2, 0) is 4.74 Å². The van der Waals surface area contributed by atoms with Gasteiger partial charge >= 0.3 is 6.09 Å². The van der Waals surface area contributed by atoms with Gasteiger partial charge in [-0.25, -0.2) is 4.79 Å². The second-order valence-electron chi connectivity index (χ2n) is 4.53. The predicted molar refractivity (Wildman–Crippen MR) is 69.1 cm³/mol. The van der Waals surface area contributed by atoms with E-state index in [0.717, 1.165) is 45.3 Å². The van der Waals surface area contributed by atoms with Crippen molar-refractivity contribution in [1.29, 1.82) is 5.26 Å². The number of piperidine rings is 1. The van der Waals surface area contributed by atoms with Crippen LogP contribution in [0, 0.1) is 11.3 Å². The van der Waals surface area contributed by atoms with E-state index in [2.05, 4.69) is 11.4 Å². The number of ether oxygens (including phenoxy) is 1. The number of hydrogen-bond donors (Lipinski definition) is 1. The zero-order valence-corrected chi connectivity index (χ0v) is 11.2. The highest BCUT2D eigenvalue weighted by Crippen LogP contribution is 2.11. The van der Waals surface area contributed by atoms with Crippen LogP contribution in [0.15, 0.2) is 0 Å². The van der Waals surface area contributed by atoms with Gasteiger partial charge in [0.2, 0.25) is 0 Å². The van der Waals surface area contributed by atoms with Crippen molar-refractivity contribution in [1.82, 2.24) is 10.2 Å². The largest absolute Gasteiger partial charge is 0.450 e. The van der Waals surface area contributed by atoms with E-state index in [4.69, 9.17) is 10.00 Å². The highest BCUT2D eigenvalue weighted by Gasteiger charge is 2.22. The number of nitrogens with one attached hydrogen (secondary N) is 1. The zero-order valence-electron chi connectivity index (χ0n) is 11.2. The lowest BCUT2D eigenvalue weighted by atomic mass is 10.1. The van der Waals surface area contributed by atoms with Crippen LogP contribution in [0.5, 0.6) is 0 Å². The minimum atomic E-state index is -0.190. The van der Waals surface area contributed by atoms with Crippen LogP contribution < -0.4 is 5.32 Å². The molecule has 1 aliphatic rings. The predicted octanol–water partition coefficient (Wildman–Crippen LogP) is 1.89. The number of amides is 1. The van der Waals surface area contributed by atoms with Crippen molar-refractivity contribution in [3.05, 3.63) is 0 Å². The van der Waals surface area contributed by atoms with Gasteiger partial charge < -0.3 is 15.0 Å². The lowest BCUT2D eigenvalue weighted by molar-refractivity contribution is 0.0951. The first-order valence-corrected chi connectivity index (χ1v) is 6.80. The Labute approximate surface area is 109 Å². The van der Waals surface area contributed by atoms with E-state index in [1.54, 1.807) is 4.90 Å². The Hall–Kier alpha value is -1.28. The third-order valence-corrected chi connectivity index (χ3v) is 3.17. The topological polar surface area (TPSA) is 65.4 Å². The summed E-state index contributed by atoms with van der Waals surface area (Å²) in [6.45, 7) is 4.78. The minimum absolute atomic E-state index is 0.190. The quantitative estimate of drug-likeness (QED) is 0.734. The molecule has 5 heteroatoms. The van der Waals surface area contributed by atoms with Gasteiger partial charge in [0.15, 0.2) is 0 Å². The van der Waals surface area contributed by atoms with Crippen molar-refractivity contribution in [2.45, 2.75) is 45.1 Å². The van der Waals surface area contributed by atoms with Crippen molar-refractivity contribution in [2.24, 2.45) is 0 Å². The Kier molecular flexibility index (Phi) is 7.19. The number of hydrogen-bond acceptors (Lipinski definition) is 4. The fourth-order valence-corrected chi connectivity index (χ4v) is 2.12. The number of carbonyl (C=O) groups is 1. The summed E-state index contributed by atoms with van der Waals surface area (Å²) < 4.78 is 4.98. The van der Waals surface area contributed by atoms with Crippen molar-refractivity contribution >= 4 is 6.09 Å². The molecule has 0 unspecified atom stereocenters. The van der Waals surface area contributed by atoms with Crippen LogP contribution in [0.1, 0.15) is 39.0 Å². The number of unbranched alkanes of at least 4 members (excludes halogenated alkanes) is 2. The number of carbonyl (C=O) groups excluding carboxylic acids is 1. The summed E-state index contributed by atoms with van der Waals surface area (Å²) in [4.78, 5) is 13.3. The first-order chi connectivity index (χ1) is 8.77. The van der Waals surface area contributed by atoms with Gasteiger partial charge in [0.25, 0.3) is 0 Å². The molecule has 5 nitrogen and oxygen atoms in total. The van der Waals surface area contributed by atoms with Gasteiger partial charge in [-0.2, -0.15) is 5.26 Å². The molecular weight excluding hydrogens is 230 g/mol. The Morgan fingerprint density at radius 1 is 1.44 bits per heavy atom. The summed E-state index contributed by atoms with van der Waals surface area (Å²) >= 11 is 0. The molecule has 0 aromatic heterocycles. The normalized spacial score (nSPS) is 16.3. The van der Waals surface area contributed by atoms with Gasteiger partial charge in [-0.05, 0) is 39.2 Å². The second-order valence-corrected chi connectivity index (χ2v) is 4.53. The van der Waals surface area contributed by atoms with Crippen molar-refractivity contribution in [3.8, 4) is 6.07 Å². The molecule has 18 heavy (non-hydrogen) atoms. The monoisotopic (exact) mass is 253 g/mol.